The van der Waals surface area contributed by atoms with Crippen molar-refractivity contribution < 1.29 is 14.4 Å². The van der Waals surface area contributed by atoms with Gasteiger partial charge in [0.05, 0.1) is 6.04 Å². The van der Waals surface area contributed by atoms with E-state index in [1.54, 1.807) is 6.92 Å². The highest BCUT2D eigenvalue weighted by atomic mass is 16.2. The zero-order chi connectivity index (χ0) is 15.8. The first-order chi connectivity index (χ1) is 9.77. The topological polar surface area (TPSA) is 69.7 Å². The van der Waals surface area contributed by atoms with Crippen LogP contribution in [0.25, 0.3) is 0 Å². The summed E-state index contributed by atoms with van der Waals surface area (Å²) in [6.07, 6.45) is 1.23. The van der Waals surface area contributed by atoms with Crippen molar-refractivity contribution in [2.24, 2.45) is 5.92 Å². The van der Waals surface area contributed by atoms with Gasteiger partial charge in [-0.25, -0.2) is 4.79 Å². The van der Waals surface area contributed by atoms with Gasteiger partial charge < -0.3 is 10.2 Å². The number of piperidine rings is 1. The van der Waals surface area contributed by atoms with E-state index in [2.05, 4.69) is 24.1 Å². The van der Waals surface area contributed by atoms with E-state index in [9.17, 15) is 14.4 Å². The largest absolute Gasteiger partial charge is 0.325 e. The Morgan fingerprint density at radius 3 is 2.29 bits per heavy atom. The van der Waals surface area contributed by atoms with Crippen molar-refractivity contribution in [3.05, 3.63) is 0 Å². The Morgan fingerprint density at radius 2 is 1.81 bits per heavy atom. The van der Waals surface area contributed by atoms with Crippen LogP contribution in [-0.4, -0.2) is 58.7 Å². The minimum absolute atomic E-state index is 0.173. The fourth-order valence-corrected chi connectivity index (χ4v) is 3.15. The van der Waals surface area contributed by atoms with E-state index in [4.69, 9.17) is 0 Å². The van der Waals surface area contributed by atoms with Crippen LogP contribution in [0.3, 0.4) is 0 Å². The Labute approximate surface area is 125 Å². The summed E-state index contributed by atoms with van der Waals surface area (Å²) in [6, 6.07) is -1.12. The first kappa shape index (κ1) is 15.9. The summed E-state index contributed by atoms with van der Waals surface area (Å²) in [5, 5.41) is 2.84. The van der Waals surface area contributed by atoms with Crippen LogP contribution in [0.1, 0.15) is 40.5 Å². The summed E-state index contributed by atoms with van der Waals surface area (Å²) in [6.45, 7) is 9.95. The lowest BCUT2D eigenvalue weighted by atomic mass is 9.87. The summed E-state index contributed by atoms with van der Waals surface area (Å²) in [4.78, 5) is 39.6. The summed E-state index contributed by atoms with van der Waals surface area (Å²) in [7, 11) is 0. The van der Waals surface area contributed by atoms with Gasteiger partial charge in [-0.1, -0.05) is 13.8 Å². The Bertz CT molecular complexity index is 453. The third-order valence-electron chi connectivity index (χ3n) is 4.50. The molecule has 2 rings (SSSR count). The highest BCUT2D eigenvalue weighted by Crippen LogP contribution is 2.30. The van der Waals surface area contributed by atoms with Gasteiger partial charge in [0.2, 0.25) is 0 Å². The molecule has 0 bridgehead atoms. The number of nitrogens with one attached hydrogen (secondary N) is 1. The molecule has 2 saturated heterocycles. The molecule has 3 amide bonds. The predicted molar refractivity (Wildman–Crippen MR) is 78.8 cm³/mol. The molecule has 0 aromatic heterocycles. The third-order valence-corrected chi connectivity index (χ3v) is 4.50. The van der Waals surface area contributed by atoms with Gasteiger partial charge in [-0.3, -0.25) is 14.5 Å². The predicted octanol–water partition coefficient (Wildman–Crippen LogP) is 1.01. The Hall–Kier alpha value is -1.43. The van der Waals surface area contributed by atoms with Crippen LogP contribution in [0, 0.1) is 5.92 Å². The molecule has 1 spiro atoms. The maximum Gasteiger partial charge on any atom is 0.325 e. The number of hydrogen-bond donors (Lipinski definition) is 1. The molecule has 6 nitrogen and oxygen atoms in total. The zero-order valence-corrected chi connectivity index (χ0v) is 13.3. The number of hydrogen-bond acceptors (Lipinski definition) is 4. The molecule has 21 heavy (non-hydrogen) atoms. The van der Waals surface area contributed by atoms with E-state index in [0.29, 0.717) is 18.8 Å². The zero-order valence-electron chi connectivity index (χ0n) is 13.3. The van der Waals surface area contributed by atoms with Crippen LogP contribution >= 0.6 is 0 Å². The van der Waals surface area contributed by atoms with Crippen molar-refractivity contribution in [1.82, 2.24) is 15.1 Å². The van der Waals surface area contributed by atoms with E-state index in [1.165, 1.54) is 6.92 Å². The standard InChI is InChI=1S/C15H25N3O3/c1-10(2)9-17-7-5-15(6-8-17)13(20)18(14(21)16-15)11(3)12(4)19/h10-11H,5-9H2,1-4H3,(H,16,21). The van der Waals surface area contributed by atoms with Crippen molar-refractivity contribution >= 4 is 17.7 Å². The van der Waals surface area contributed by atoms with Gasteiger partial charge in [0.15, 0.2) is 5.78 Å². The fourth-order valence-electron chi connectivity index (χ4n) is 3.15. The molecule has 6 heteroatoms. The Kier molecular flexibility index (Phi) is 4.37. The molecule has 2 aliphatic heterocycles. The number of urea groups is 1. The molecule has 0 saturated carbocycles. The van der Waals surface area contributed by atoms with Crippen molar-refractivity contribution in [1.29, 1.82) is 0 Å². The van der Waals surface area contributed by atoms with Crippen molar-refractivity contribution in [3.63, 3.8) is 0 Å². The number of imide groups is 1. The van der Waals surface area contributed by atoms with E-state index in [0.717, 1.165) is 24.5 Å². The van der Waals surface area contributed by atoms with Gasteiger partial charge in [-0.15, -0.1) is 0 Å². The lowest BCUT2D eigenvalue weighted by molar-refractivity contribution is -0.138. The average molecular weight is 295 g/mol. The molecule has 1 atom stereocenters. The van der Waals surface area contributed by atoms with Crippen molar-refractivity contribution in [2.45, 2.75) is 52.1 Å². The lowest BCUT2D eigenvalue weighted by Crippen LogP contribution is -2.55. The fraction of sp³-hybridized carbons (Fsp3) is 0.800. The summed E-state index contributed by atoms with van der Waals surface area (Å²) < 4.78 is 0. The van der Waals surface area contributed by atoms with Gasteiger partial charge in [-0.2, -0.15) is 0 Å². The number of nitrogens with zero attached hydrogens (tertiary/aromatic N) is 2. The van der Waals surface area contributed by atoms with Gasteiger partial charge in [-0.05, 0) is 32.6 Å². The molecule has 2 heterocycles. The Balaban J connectivity index is 2.07. The van der Waals surface area contributed by atoms with Gasteiger partial charge >= 0.3 is 6.03 Å². The number of carbonyl (C=O) groups is 3. The second-order valence-electron chi connectivity index (χ2n) is 6.67. The maximum atomic E-state index is 12.6. The number of ketones is 1. The molecular weight excluding hydrogens is 270 g/mol. The second kappa shape index (κ2) is 5.75. The number of amides is 3. The molecule has 0 radical (unpaired) electrons. The van der Waals surface area contributed by atoms with Crippen LogP contribution in [0.2, 0.25) is 0 Å². The molecule has 0 aromatic carbocycles. The highest BCUT2D eigenvalue weighted by molar-refractivity contribution is 6.09. The number of likely N-dealkylation sites (tertiary alicyclic amines) is 1. The molecular formula is C15H25N3O3. The minimum atomic E-state index is -0.797. The van der Waals surface area contributed by atoms with Crippen LogP contribution in [0.15, 0.2) is 0 Å². The van der Waals surface area contributed by atoms with Crippen LogP contribution in [0.4, 0.5) is 4.79 Å². The van der Waals surface area contributed by atoms with E-state index < -0.39 is 17.6 Å². The molecule has 1 N–H and O–H groups in total. The van der Waals surface area contributed by atoms with Crippen LogP contribution < -0.4 is 5.32 Å². The second-order valence-corrected chi connectivity index (χ2v) is 6.67. The minimum Gasteiger partial charge on any atom is -0.323 e. The molecule has 0 aliphatic carbocycles. The normalized spacial score (nSPS) is 23.8. The monoisotopic (exact) mass is 295 g/mol. The van der Waals surface area contributed by atoms with Gasteiger partial charge in [0.25, 0.3) is 5.91 Å². The van der Waals surface area contributed by atoms with E-state index in [1.807, 2.05) is 0 Å². The van der Waals surface area contributed by atoms with Crippen LogP contribution in [0.5, 0.6) is 0 Å². The number of carbonyl (C=O) groups excluding carboxylic acids is 3. The summed E-state index contributed by atoms with van der Waals surface area (Å²) >= 11 is 0. The van der Waals surface area contributed by atoms with E-state index in [-0.39, 0.29) is 11.7 Å². The Morgan fingerprint density at radius 1 is 1.24 bits per heavy atom. The number of rotatable bonds is 4. The molecule has 1 unspecified atom stereocenters. The van der Waals surface area contributed by atoms with Crippen LogP contribution in [-0.2, 0) is 9.59 Å². The third kappa shape index (κ3) is 2.95. The molecule has 118 valence electrons. The van der Waals surface area contributed by atoms with Gasteiger partial charge in [0.1, 0.15) is 5.54 Å². The first-order valence-corrected chi connectivity index (χ1v) is 7.65. The summed E-state index contributed by atoms with van der Waals surface area (Å²) in [5.74, 6) is 0.175. The number of Topliss-reactive ketones (excluding diaryl/α,β-unsaturated/α-hetero) is 1. The maximum absolute atomic E-state index is 12.6. The van der Waals surface area contributed by atoms with Gasteiger partial charge in [0, 0.05) is 19.6 Å². The molecule has 2 fully saturated rings. The quantitative estimate of drug-likeness (QED) is 0.786. The molecule has 2 aliphatic rings. The molecule has 0 aromatic rings. The highest BCUT2D eigenvalue weighted by Gasteiger charge is 2.54. The summed E-state index contributed by atoms with van der Waals surface area (Å²) in [5.41, 5.74) is -0.797. The average Bonchev–Trinajstić information content (AvgIpc) is 2.63. The SMILES string of the molecule is CC(=O)C(C)N1C(=O)NC2(CCN(CC(C)C)CC2)C1=O. The van der Waals surface area contributed by atoms with Crippen molar-refractivity contribution in [2.75, 3.05) is 19.6 Å². The lowest BCUT2D eigenvalue weighted by Gasteiger charge is -2.38. The van der Waals surface area contributed by atoms with E-state index >= 15 is 0 Å². The smallest absolute Gasteiger partial charge is 0.323 e. The first-order valence-electron chi connectivity index (χ1n) is 7.65. The van der Waals surface area contributed by atoms with Crippen molar-refractivity contribution in [3.8, 4) is 0 Å².